The molecule has 2 nitrogen and oxygen atoms in total. The van der Waals surface area contributed by atoms with Gasteiger partial charge in [0.25, 0.3) is 0 Å². The Morgan fingerprint density at radius 3 is 2.68 bits per heavy atom. The van der Waals surface area contributed by atoms with E-state index in [2.05, 4.69) is 36.6 Å². The summed E-state index contributed by atoms with van der Waals surface area (Å²) in [6.45, 7) is 6.29. The Labute approximate surface area is 149 Å². The van der Waals surface area contributed by atoms with Crippen molar-refractivity contribution in [3.63, 3.8) is 0 Å². The summed E-state index contributed by atoms with van der Waals surface area (Å²) in [5.74, 6) is 7.06. The highest BCUT2D eigenvalue weighted by Gasteiger charge is 2.29. The number of hydrogen-bond acceptors (Lipinski definition) is 2. The van der Waals surface area contributed by atoms with Gasteiger partial charge in [0.15, 0.2) is 0 Å². The number of fused-ring (bicyclic) bond motifs is 1. The van der Waals surface area contributed by atoms with Gasteiger partial charge >= 0.3 is 0 Å². The van der Waals surface area contributed by atoms with Crippen LogP contribution in [0.5, 0.6) is 0 Å². The Morgan fingerprint density at radius 2 is 1.92 bits per heavy atom. The molecular weight excluding hydrogens is 308 g/mol. The van der Waals surface area contributed by atoms with E-state index >= 15 is 0 Å². The number of benzene rings is 2. The van der Waals surface area contributed by atoms with Gasteiger partial charge in [-0.15, -0.1) is 0 Å². The molecule has 1 aliphatic rings. The van der Waals surface area contributed by atoms with Crippen LogP contribution in [-0.4, -0.2) is 12.9 Å². The molecule has 2 aromatic carbocycles. The first-order valence-electron chi connectivity index (χ1n) is 8.53. The van der Waals surface area contributed by atoms with Crippen molar-refractivity contribution in [1.29, 1.82) is 0 Å². The Balaban J connectivity index is 1.72. The van der Waals surface area contributed by atoms with Crippen LogP contribution in [-0.2, 0) is 15.9 Å². The van der Waals surface area contributed by atoms with E-state index in [4.69, 9.17) is 9.47 Å². The third-order valence-corrected chi connectivity index (χ3v) is 4.18. The van der Waals surface area contributed by atoms with Crippen LogP contribution in [0.15, 0.2) is 79.1 Å². The van der Waals surface area contributed by atoms with Crippen molar-refractivity contribution in [3.05, 3.63) is 95.8 Å². The lowest BCUT2D eigenvalue weighted by atomic mass is 9.99. The van der Waals surface area contributed by atoms with Crippen molar-refractivity contribution in [2.45, 2.75) is 25.6 Å². The molecule has 0 aromatic heterocycles. The van der Waals surface area contributed by atoms with Gasteiger partial charge in [0, 0.05) is 5.56 Å². The third kappa shape index (κ3) is 4.21. The summed E-state index contributed by atoms with van der Waals surface area (Å²) in [5, 5.41) is 0. The highest BCUT2D eigenvalue weighted by Crippen LogP contribution is 2.30. The summed E-state index contributed by atoms with van der Waals surface area (Å²) in [7, 11) is 0. The Bertz CT molecular complexity index is 809. The molecule has 2 unspecified atom stereocenters. The van der Waals surface area contributed by atoms with Gasteiger partial charge in [-0.05, 0) is 42.7 Å². The summed E-state index contributed by atoms with van der Waals surface area (Å²) >= 11 is 0. The third-order valence-electron chi connectivity index (χ3n) is 4.18. The fourth-order valence-electron chi connectivity index (χ4n) is 2.83. The zero-order chi connectivity index (χ0) is 17.5. The van der Waals surface area contributed by atoms with E-state index < -0.39 is 6.29 Å². The van der Waals surface area contributed by atoms with E-state index in [1.54, 1.807) is 6.08 Å². The molecule has 0 saturated heterocycles. The molecule has 0 fully saturated rings. The Morgan fingerprint density at radius 1 is 1.16 bits per heavy atom. The summed E-state index contributed by atoms with van der Waals surface area (Å²) in [4.78, 5) is 0. The predicted octanol–water partition coefficient (Wildman–Crippen LogP) is 4.83. The average Bonchev–Trinajstić information content (AvgIpc) is 3.09. The number of hydrogen-bond donors (Lipinski definition) is 0. The van der Waals surface area contributed by atoms with Gasteiger partial charge in [0.05, 0.1) is 6.61 Å². The zero-order valence-corrected chi connectivity index (χ0v) is 14.4. The maximum Gasteiger partial charge on any atom is 0.217 e. The van der Waals surface area contributed by atoms with Crippen molar-refractivity contribution >= 4 is 0 Å². The van der Waals surface area contributed by atoms with Crippen molar-refractivity contribution in [3.8, 4) is 11.8 Å². The molecule has 0 heterocycles. The molecule has 2 atom stereocenters. The lowest BCUT2D eigenvalue weighted by Gasteiger charge is -2.24. The van der Waals surface area contributed by atoms with E-state index in [-0.39, 0.29) is 5.92 Å². The quantitative estimate of drug-likeness (QED) is 0.299. The minimum Gasteiger partial charge on any atom is -0.464 e. The van der Waals surface area contributed by atoms with Crippen molar-refractivity contribution < 1.29 is 9.47 Å². The van der Waals surface area contributed by atoms with Gasteiger partial charge in [-0.2, -0.15) is 0 Å². The van der Waals surface area contributed by atoms with Gasteiger partial charge in [-0.25, -0.2) is 0 Å². The van der Waals surface area contributed by atoms with Crippen molar-refractivity contribution in [2.75, 3.05) is 6.61 Å². The number of allylic oxidation sites excluding steroid dienone is 2. The van der Waals surface area contributed by atoms with Crippen LogP contribution in [0.4, 0.5) is 0 Å². The predicted molar refractivity (Wildman–Crippen MR) is 101 cm³/mol. The molecule has 1 aliphatic carbocycles. The lowest BCUT2D eigenvalue weighted by molar-refractivity contribution is -0.118. The normalized spacial score (nSPS) is 16.5. The molecule has 0 aliphatic heterocycles. The molecule has 0 spiro atoms. The molecule has 0 amide bonds. The highest BCUT2D eigenvalue weighted by molar-refractivity contribution is 5.52. The second-order valence-corrected chi connectivity index (χ2v) is 5.82. The maximum atomic E-state index is 6.11. The van der Waals surface area contributed by atoms with Crippen LogP contribution in [0.1, 0.15) is 29.5 Å². The second-order valence-electron chi connectivity index (χ2n) is 5.82. The average molecular weight is 330 g/mol. The van der Waals surface area contributed by atoms with E-state index in [9.17, 15) is 0 Å². The van der Waals surface area contributed by atoms with Gasteiger partial charge in [-0.3, -0.25) is 0 Å². The van der Waals surface area contributed by atoms with Crippen LogP contribution < -0.4 is 0 Å². The molecule has 126 valence electrons. The fourth-order valence-corrected chi connectivity index (χ4v) is 2.83. The number of rotatable bonds is 8. The topological polar surface area (TPSA) is 18.5 Å². The summed E-state index contributed by atoms with van der Waals surface area (Å²) in [6, 6.07) is 18.4. The molecule has 2 heteroatoms. The Kier molecular flexibility index (Phi) is 5.72. The largest absolute Gasteiger partial charge is 0.464 e. The molecule has 0 N–H and O–H groups in total. The van der Waals surface area contributed by atoms with Crippen LogP contribution >= 0.6 is 0 Å². The first kappa shape index (κ1) is 17.1. The van der Waals surface area contributed by atoms with Crippen molar-refractivity contribution in [2.24, 2.45) is 0 Å². The van der Waals surface area contributed by atoms with Crippen LogP contribution in [0.25, 0.3) is 0 Å². The monoisotopic (exact) mass is 330 g/mol. The van der Waals surface area contributed by atoms with Gasteiger partial charge in [0.1, 0.15) is 11.7 Å². The summed E-state index contributed by atoms with van der Waals surface area (Å²) < 4.78 is 12.2. The van der Waals surface area contributed by atoms with Gasteiger partial charge < -0.3 is 9.47 Å². The first-order chi connectivity index (χ1) is 12.3. The fraction of sp³-hybridized carbons (Fsp3) is 0.217. The minimum absolute atomic E-state index is 0.0955. The molecule has 0 radical (unpaired) electrons. The van der Waals surface area contributed by atoms with E-state index in [1.807, 2.05) is 49.4 Å². The highest BCUT2D eigenvalue weighted by atomic mass is 16.7. The summed E-state index contributed by atoms with van der Waals surface area (Å²) in [5.41, 5.74) is 3.43. The van der Waals surface area contributed by atoms with Crippen molar-refractivity contribution in [1.82, 2.24) is 0 Å². The Hall–Kier alpha value is -2.76. The zero-order valence-electron chi connectivity index (χ0n) is 14.4. The van der Waals surface area contributed by atoms with E-state index in [0.717, 1.165) is 17.5 Å². The molecule has 0 saturated carbocycles. The van der Waals surface area contributed by atoms with E-state index in [1.165, 1.54) is 5.56 Å². The second kappa shape index (κ2) is 8.37. The first-order valence-corrected chi connectivity index (χ1v) is 8.53. The SMILES string of the molecule is C=CC(=CC)OC(OCCc1ccccc1)C1C#Cc2ccccc21. The van der Waals surface area contributed by atoms with E-state index in [0.29, 0.717) is 12.4 Å². The molecule has 0 bridgehead atoms. The lowest BCUT2D eigenvalue weighted by Crippen LogP contribution is -2.25. The smallest absolute Gasteiger partial charge is 0.217 e. The standard InChI is InChI=1S/C23H22O2/c1-3-20(4-2)25-23(24-17-16-18-10-6-5-7-11-18)22-15-14-19-12-8-9-13-21(19)22/h3-13,22-23H,1,16-17H2,2H3. The van der Waals surface area contributed by atoms with Gasteiger partial charge in [-0.1, -0.05) is 67.0 Å². The van der Waals surface area contributed by atoms with Crippen LogP contribution in [0.2, 0.25) is 0 Å². The van der Waals surface area contributed by atoms with Crippen LogP contribution in [0, 0.1) is 11.8 Å². The molecular formula is C23H22O2. The number of ether oxygens (including phenoxy) is 2. The molecule has 3 rings (SSSR count). The molecule has 25 heavy (non-hydrogen) atoms. The van der Waals surface area contributed by atoms with Crippen LogP contribution in [0.3, 0.4) is 0 Å². The van der Waals surface area contributed by atoms with Gasteiger partial charge in [0.2, 0.25) is 6.29 Å². The molecule has 2 aromatic rings. The minimum atomic E-state index is -0.455. The summed E-state index contributed by atoms with van der Waals surface area (Å²) in [6.07, 6.45) is 3.96. The maximum absolute atomic E-state index is 6.11.